The van der Waals surface area contributed by atoms with Crippen LogP contribution in [0.4, 0.5) is 5.69 Å². The number of carbonyl (C=O) groups is 3. The van der Waals surface area contributed by atoms with Gasteiger partial charge in [0, 0.05) is 16.9 Å². The van der Waals surface area contributed by atoms with Crippen molar-refractivity contribution in [2.45, 2.75) is 5.92 Å². The van der Waals surface area contributed by atoms with Crippen LogP contribution < -0.4 is 19.1 Å². The minimum atomic E-state index is -0.908. The van der Waals surface area contributed by atoms with Gasteiger partial charge < -0.3 is 14.2 Å². The standard InChI is InChI=1S/C33H25NO6/c1-38-21-12-7-19(8-13-21)25-17-26-24-16-9-18-5-3-4-6-23(18)30(24)40-33(37)28(26)29-27(25)31(35)34(32(29)36)20-10-14-22(39-2)15-11-20/h3-17,25,27-29H,1-2H3/t25-,27+,28-,29-/m0/s1. The molecule has 4 aromatic rings. The van der Waals surface area contributed by atoms with Crippen LogP contribution in [0.1, 0.15) is 17.0 Å². The Labute approximate surface area is 230 Å². The van der Waals surface area contributed by atoms with E-state index in [4.69, 9.17) is 14.2 Å². The van der Waals surface area contributed by atoms with Crippen LogP contribution in [0.3, 0.4) is 0 Å². The van der Waals surface area contributed by atoms with Gasteiger partial charge in [-0.1, -0.05) is 54.6 Å². The number of hydrogen-bond acceptors (Lipinski definition) is 6. The minimum absolute atomic E-state index is 0.339. The molecule has 0 N–H and O–H groups in total. The smallest absolute Gasteiger partial charge is 0.319 e. The number of carbonyl (C=O) groups excluding carboxylic acids is 3. The molecule has 2 aliphatic heterocycles. The number of benzene rings is 4. The topological polar surface area (TPSA) is 82.1 Å². The van der Waals surface area contributed by atoms with Gasteiger partial charge in [-0.25, -0.2) is 4.90 Å². The summed E-state index contributed by atoms with van der Waals surface area (Å²) in [4.78, 5) is 43.1. The SMILES string of the molecule is COc1ccc([C@@H]2C=C3c4ccc5ccccc5c4OC(=O)[C@@H]3[C@H]3C(=O)N(c4ccc(OC)cc4)C(=O)[C@@H]32)cc1. The van der Waals surface area contributed by atoms with E-state index in [-0.39, 0.29) is 5.91 Å². The number of hydrogen-bond donors (Lipinski definition) is 0. The van der Waals surface area contributed by atoms with Gasteiger partial charge in [-0.3, -0.25) is 14.4 Å². The first kappa shape index (κ1) is 24.2. The fraction of sp³-hybridized carbons (Fsp3) is 0.182. The van der Waals surface area contributed by atoms with E-state index in [9.17, 15) is 14.4 Å². The second kappa shape index (κ2) is 9.09. The second-order valence-electron chi connectivity index (χ2n) is 10.2. The van der Waals surface area contributed by atoms with Crippen LogP contribution in [0.15, 0.2) is 91.0 Å². The molecule has 3 aliphatic rings. The zero-order valence-electron chi connectivity index (χ0n) is 21.9. The van der Waals surface area contributed by atoms with Crippen LogP contribution in [-0.2, 0) is 14.4 Å². The second-order valence-corrected chi connectivity index (χ2v) is 10.2. The predicted octanol–water partition coefficient (Wildman–Crippen LogP) is 5.38. The molecule has 2 amide bonds. The Hall–Kier alpha value is -4.91. The number of nitrogens with zero attached hydrogens (tertiary/aromatic N) is 1. The van der Waals surface area contributed by atoms with Crippen molar-refractivity contribution >= 4 is 39.8 Å². The molecule has 7 rings (SSSR count). The molecule has 7 heteroatoms. The van der Waals surface area contributed by atoms with E-state index in [0.717, 1.165) is 27.5 Å². The summed E-state index contributed by atoms with van der Waals surface area (Å²) in [5.74, 6) is -2.49. The summed E-state index contributed by atoms with van der Waals surface area (Å²) in [6.07, 6.45) is 1.99. The number of anilines is 1. The average molecular weight is 532 g/mol. The van der Waals surface area contributed by atoms with E-state index in [1.165, 1.54) is 4.90 Å². The van der Waals surface area contributed by atoms with Crippen LogP contribution in [0, 0.1) is 17.8 Å². The molecule has 198 valence electrons. The Balaban J connectivity index is 1.42. The maximum Gasteiger partial charge on any atom is 0.319 e. The van der Waals surface area contributed by atoms with Gasteiger partial charge in [0.15, 0.2) is 0 Å². The van der Waals surface area contributed by atoms with Gasteiger partial charge in [0.05, 0.1) is 37.7 Å². The molecule has 0 radical (unpaired) electrons. The highest BCUT2D eigenvalue weighted by molar-refractivity contribution is 6.24. The van der Waals surface area contributed by atoms with Gasteiger partial charge in [0.1, 0.15) is 17.2 Å². The van der Waals surface area contributed by atoms with Crippen LogP contribution >= 0.6 is 0 Å². The first-order valence-corrected chi connectivity index (χ1v) is 13.1. The van der Waals surface area contributed by atoms with Crippen molar-refractivity contribution in [3.8, 4) is 17.2 Å². The first-order valence-electron chi connectivity index (χ1n) is 13.1. The summed E-state index contributed by atoms with van der Waals surface area (Å²) in [5.41, 5.74) is 2.79. The van der Waals surface area contributed by atoms with Crippen molar-refractivity contribution in [3.63, 3.8) is 0 Å². The van der Waals surface area contributed by atoms with E-state index < -0.39 is 35.5 Å². The van der Waals surface area contributed by atoms with Crippen molar-refractivity contribution in [2.24, 2.45) is 17.8 Å². The Kier molecular flexibility index (Phi) is 5.49. The summed E-state index contributed by atoms with van der Waals surface area (Å²) < 4.78 is 16.6. The molecular weight excluding hydrogens is 506 g/mol. The van der Waals surface area contributed by atoms with Crippen molar-refractivity contribution in [1.82, 2.24) is 0 Å². The molecule has 1 aliphatic carbocycles. The van der Waals surface area contributed by atoms with E-state index in [1.807, 2.05) is 66.7 Å². The van der Waals surface area contributed by atoms with E-state index >= 15 is 0 Å². The van der Waals surface area contributed by atoms with Gasteiger partial charge in [-0.2, -0.15) is 0 Å². The zero-order chi connectivity index (χ0) is 27.5. The van der Waals surface area contributed by atoms with Crippen LogP contribution in [0.5, 0.6) is 17.2 Å². The van der Waals surface area contributed by atoms with Crippen molar-refractivity contribution < 1.29 is 28.6 Å². The summed E-state index contributed by atoms with van der Waals surface area (Å²) in [6, 6.07) is 25.9. The normalized spacial score (nSPS) is 23.2. The third-order valence-electron chi connectivity index (χ3n) is 8.32. The molecule has 40 heavy (non-hydrogen) atoms. The lowest BCUT2D eigenvalue weighted by Crippen LogP contribution is -2.42. The number of rotatable bonds is 4. The van der Waals surface area contributed by atoms with Crippen molar-refractivity contribution in [3.05, 3.63) is 102 Å². The van der Waals surface area contributed by atoms with Crippen molar-refractivity contribution in [1.29, 1.82) is 0 Å². The Morgan fingerprint density at radius 3 is 2.08 bits per heavy atom. The van der Waals surface area contributed by atoms with Gasteiger partial charge in [-0.05, 0) is 52.9 Å². The average Bonchev–Trinajstić information content (AvgIpc) is 3.26. The van der Waals surface area contributed by atoms with Gasteiger partial charge in [0.2, 0.25) is 11.8 Å². The van der Waals surface area contributed by atoms with E-state index in [2.05, 4.69) is 0 Å². The van der Waals surface area contributed by atoms with Crippen molar-refractivity contribution in [2.75, 3.05) is 19.1 Å². The van der Waals surface area contributed by atoms with Gasteiger partial charge >= 0.3 is 5.97 Å². The summed E-state index contributed by atoms with van der Waals surface area (Å²) >= 11 is 0. The number of ether oxygens (including phenoxy) is 3. The number of allylic oxidation sites excluding steroid dienone is 1. The zero-order valence-corrected chi connectivity index (χ0v) is 21.9. The highest BCUT2D eigenvalue weighted by atomic mass is 16.5. The fourth-order valence-electron chi connectivity index (χ4n) is 6.43. The Morgan fingerprint density at radius 1 is 0.725 bits per heavy atom. The van der Waals surface area contributed by atoms with Gasteiger partial charge in [-0.15, -0.1) is 0 Å². The van der Waals surface area contributed by atoms with Crippen LogP contribution in [-0.4, -0.2) is 32.0 Å². The Bertz CT molecular complexity index is 1720. The molecule has 7 nitrogen and oxygen atoms in total. The monoisotopic (exact) mass is 531 g/mol. The maximum absolute atomic E-state index is 14.1. The molecular formula is C33H25NO6. The summed E-state index contributed by atoms with van der Waals surface area (Å²) in [6.45, 7) is 0. The van der Waals surface area contributed by atoms with E-state index in [1.54, 1.807) is 38.5 Å². The van der Waals surface area contributed by atoms with Crippen LogP contribution in [0.25, 0.3) is 16.3 Å². The largest absolute Gasteiger partial charge is 0.497 e. The molecule has 4 atom stereocenters. The molecule has 0 aromatic heterocycles. The quantitative estimate of drug-likeness (QED) is 0.200. The summed E-state index contributed by atoms with van der Waals surface area (Å²) in [7, 11) is 3.15. The minimum Gasteiger partial charge on any atom is -0.497 e. The number of fused-ring (bicyclic) bond motifs is 7. The lowest BCUT2D eigenvalue weighted by molar-refractivity contribution is -0.142. The molecule has 4 aromatic carbocycles. The van der Waals surface area contributed by atoms with Crippen LogP contribution in [0.2, 0.25) is 0 Å². The molecule has 0 spiro atoms. The summed E-state index contributed by atoms with van der Waals surface area (Å²) in [5, 5.41) is 1.77. The van der Waals surface area contributed by atoms with Gasteiger partial charge in [0.25, 0.3) is 0 Å². The lowest BCUT2D eigenvalue weighted by Gasteiger charge is -2.38. The molecule has 1 fully saturated rings. The number of methoxy groups -OCH3 is 2. The number of esters is 1. The number of amides is 2. The molecule has 2 heterocycles. The number of imide groups is 1. The molecule has 0 bridgehead atoms. The third-order valence-corrected chi connectivity index (χ3v) is 8.32. The highest BCUT2D eigenvalue weighted by Gasteiger charge is 2.60. The fourth-order valence-corrected chi connectivity index (χ4v) is 6.43. The maximum atomic E-state index is 14.1. The molecule has 0 unspecified atom stereocenters. The molecule has 0 saturated carbocycles. The van der Waals surface area contributed by atoms with E-state index in [0.29, 0.717) is 22.9 Å². The predicted molar refractivity (Wildman–Crippen MR) is 149 cm³/mol. The first-order chi connectivity index (χ1) is 19.5. The highest BCUT2D eigenvalue weighted by Crippen LogP contribution is 2.55. The Morgan fingerprint density at radius 2 is 1.38 bits per heavy atom. The molecule has 1 saturated heterocycles. The third kappa shape index (κ3) is 3.47. The lowest BCUT2D eigenvalue weighted by atomic mass is 9.64.